The van der Waals surface area contributed by atoms with Gasteiger partial charge in [0.1, 0.15) is 17.5 Å². The van der Waals surface area contributed by atoms with Gasteiger partial charge >= 0.3 is 0 Å². The SMILES string of the molecule is Cc1ccccc1NC(=O)Cc1nn(-c2ccccc2)c(N)c1C#N. The molecule has 0 aliphatic rings. The largest absolute Gasteiger partial charge is 0.382 e. The second-order valence-corrected chi connectivity index (χ2v) is 5.61. The molecule has 1 heterocycles. The van der Waals surface area contributed by atoms with Crippen LogP contribution in [0.2, 0.25) is 0 Å². The molecule has 1 amide bonds. The van der Waals surface area contributed by atoms with E-state index in [0.717, 1.165) is 16.9 Å². The summed E-state index contributed by atoms with van der Waals surface area (Å²) in [6.07, 6.45) is -0.0265. The predicted octanol–water partition coefficient (Wildman–Crippen LogP) is 2.82. The van der Waals surface area contributed by atoms with E-state index < -0.39 is 0 Å². The van der Waals surface area contributed by atoms with Crippen LogP contribution in [0.15, 0.2) is 54.6 Å². The molecule has 3 N–H and O–H groups in total. The van der Waals surface area contributed by atoms with Crippen molar-refractivity contribution in [2.45, 2.75) is 13.3 Å². The number of nitrogens with one attached hydrogen (secondary N) is 1. The van der Waals surface area contributed by atoms with Crippen LogP contribution in [0, 0.1) is 18.3 Å². The maximum absolute atomic E-state index is 12.3. The number of aryl methyl sites for hydroxylation is 1. The zero-order chi connectivity index (χ0) is 17.8. The number of hydrogen-bond donors (Lipinski definition) is 2. The van der Waals surface area contributed by atoms with Gasteiger partial charge in [-0.3, -0.25) is 4.79 Å². The summed E-state index contributed by atoms with van der Waals surface area (Å²) in [7, 11) is 0. The number of amides is 1. The highest BCUT2D eigenvalue weighted by molar-refractivity contribution is 5.93. The van der Waals surface area contributed by atoms with Crippen LogP contribution in [-0.4, -0.2) is 15.7 Å². The van der Waals surface area contributed by atoms with Crippen LogP contribution in [0.1, 0.15) is 16.8 Å². The van der Waals surface area contributed by atoms with E-state index in [4.69, 9.17) is 5.73 Å². The highest BCUT2D eigenvalue weighted by Gasteiger charge is 2.19. The minimum absolute atomic E-state index is 0.0265. The summed E-state index contributed by atoms with van der Waals surface area (Å²) in [5.74, 6) is -0.0177. The normalized spacial score (nSPS) is 10.2. The van der Waals surface area contributed by atoms with Gasteiger partial charge in [0.05, 0.1) is 17.8 Å². The molecule has 1 aromatic heterocycles. The number of carbonyl (C=O) groups excluding carboxylic acids is 1. The number of benzene rings is 2. The maximum Gasteiger partial charge on any atom is 0.230 e. The predicted molar refractivity (Wildman–Crippen MR) is 96.2 cm³/mol. The Morgan fingerprint density at radius 1 is 1.20 bits per heavy atom. The van der Waals surface area contributed by atoms with Gasteiger partial charge < -0.3 is 11.1 Å². The number of nitrogens with two attached hydrogens (primary N) is 1. The van der Waals surface area contributed by atoms with Crippen LogP contribution < -0.4 is 11.1 Å². The summed E-state index contributed by atoms with van der Waals surface area (Å²) < 4.78 is 1.48. The van der Waals surface area contributed by atoms with Crippen molar-refractivity contribution in [3.05, 3.63) is 71.4 Å². The minimum atomic E-state index is -0.247. The van der Waals surface area contributed by atoms with Gasteiger partial charge in [0.2, 0.25) is 5.91 Å². The first-order valence-electron chi connectivity index (χ1n) is 7.78. The van der Waals surface area contributed by atoms with E-state index in [1.54, 1.807) is 0 Å². The first kappa shape index (κ1) is 16.3. The van der Waals surface area contributed by atoms with E-state index in [-0.39, 0.29) is 23.7 Å². The Balaban J connectivity index is 1.87. The lowest BCUT2D eigenvalue weighted by Gasteiger charge is -2.07. The molecule has 6 heteroatoms. The van der Waals surface area contributed by atoms with Crippen molar-refractivity contribution in [3.8, 4) is 11.8 Å². The lowest BCUT2D eigenvalue weighted by molar-refractivity contribution is -0.115. The molecule has 6 nitrogen and oxygen atoms in total. The Morgan fingerprint density at radius 2 is 1.88 bits per heavy atom. The minimum Gasteiger partial charge on any atom is -0.382 e. The van der Waals surface area contributed by atoms with Crippen LogP contribution in [-0.2, 0) is 11.2 Å². The molecule has 0 fully saturated rings. The number of para-hydroxylation sites is 2. The summed E-state index contributed by atoms with van der Waals surface area (Å²) in [4.78, 5) is 12.3. The van der Waals surface area contributed by atoms with Gasteiger partial charge in [-0.25, -0.2) is 4.68 Å². The summed E-state index contributed by atoms with van der Waals surface area (Å²) in [6.45, 7) is 1.92. The molecule has 0 aliphatic carbocycles. The quantitative estimate of drug-likeness (QED) is 0.768. The highest BCUT2D eigenvalue weighted by Crippen LogP contribution is 2.21. The van der Waals surface area contributed by atoms with E-state index in [0.29, 0.717) is 5.69 Å². The Labute approximate surface area is 145 Å². The molecule has 124 valence electrons. The lowest BCUT2D eigenvalue weighted by Crippen LogP contribution is -2.16. The van der Waals surface area contributed by atoms with Gasteiger partial charge in [-0.1, -0.05) is 36.4 Å². The third-order valence-corrected chi connectivity index (χ3v) is 3.85. The van der Waals surface area contributed by atoms with Crippen molar-refractivity contribution in [3.63, 3.8) is 0 Å². The molecule has 3 aromatic rings. The Hall–Kier alpha value is -3.59. The Kier molecular flexibility index (Phi) is 4.48. The van der Waals surface area contributed by atoms with Gasteiger partial charge in [-0.2, -0.15) is 10.4 Å². The molecule has 0 bridgehead atoms. The monoisotopic (exact) mass is 331 g/mol. The second-order valence-electron chi connectivity index (χ2n) is 5.61. The number of nitrogens with zero attached hydrogens (tertiary/aromatic N) is 3. The van der Waals surface area contributed by atoms with Gasteiger partial charge in [0.25, 0.3) is 0 Å². The van der Waals surface area contributed by atoms with E-state index in [1.165, 1.54) is 4.68 Å². The van der Waals surface area contributed by atoms with E-state index >= 15 is 0 Å². The molecule has 3 rings (SSSR count). The molecular weight excluding hydrogens is 314 g/mol. The maximum atomic E-state index is 12.3. The summed E-state index contributed by atoms with van der Waals surface area (Å²) in [5, 5.41) is 16.6. The Bertz CT molecular complexity index is 954. The van der Waals surface area contributed by atoms with Crippen LogP contribution in [0.4, 0.5) is 11.5 Å². The lowest BCUT2D eigenvalue weighted by atomic mass is 10.1. The molecule has 0 radical (unpaired) electrons. The third kappa shape index (κ3) is 3.35. The van der Waals surface area contributed by atoms with Crippen molar-refractivity contribution >= 4 is 17.4 Å². The van der Waals surface area contributed by atoms with Crippen LogP contribution in [0.25, 0.3) is 5.69 Å². The molecule has 0 unspecified atom stereocenters. The van der Waals surface area contributed by atoms with Crippen LogP contribution in [0.5, 0.6) is 0 Å². The Morgan fingerprint density at radius 3 is 2.56 bits per heavy atom. The third-order valence-electron chi connectivity index (χ3n) is 3.85. The van der Waals surface area contributed by atoms with E-state index in [1.807, 2.05) is 67.6 Å². The van der Waals surface area contributed by atoms with Crippen LogP contribution >= 0.6 is 0 Å². The first-order chi connectivity index (χ1) is 12.1. The van der Waals surface area contributed by atoms with Crippen molar-refractivity contribution < 1.29 is 4.79 Å². The van der Waals surface area contributed by atoms with Crippen LogP contribution in [0.3, 0.4) is 0 Å². The molecule has 2 aromatic carbocycles. The molecule has 0 saturated heterocycles. The smallest absolute Gasteiger partial charge is 0.230 e. The average molecular weight is 331 g/mol. The fraction of sp³-hybridized carbons (Fsp3) is 0.105. The number of rotatable bonds is 4. The number of anilines is 2. The highest BCUT2D eigenvalue weighted by atomic mass is 16.1. The van der Waals surface area contributed by atoms with Gasteiger partial charge in [-0.05, 0) is 30.7 Å². The first-order valence-corrected chi connectivity index (χ1v) is 7.78. The van der Waals surface area contributed by atoms with E-state index in [9.17, 15) is 10.1 Å². The fourth-order valence-electron chi connectivity index (χ4n) is 2.55. The zero-order valence-corrected chi connectivity index (χ0v) is 13.7. The van der Waals surface area contributed by atoms with Crippen molar-refractivity contribution in [2.24, 2.45) is 0 Å². The summed E-state index contributed by atoms with van der Waals surface area (Å²) in [6, 6.07) is 18.8. The number of nitrogen functional groups attached to an aromatic ring is 1. The summed E-state index contributed by atoms with van der Waals surface area (Å²) in [5.41, 5.74) is 9.07. The average Bonchev–Trinajstić information content (AvgIpc) is 2.93. The second kappa shape index (κ2) is 6.89. The molecule has 0 saturated carbocycles. The van der Waals surface area contributed by atoms with Gasteiger partial charge in [0, 0.05) is 5.69 Å². The van der Waals surface area contributed by atoms with Crippen molar-refractivity contribution in [1.29, 1.82) is 5.26 Å². The summed E-state index contributed by atoms with van der Waals surface area (Å²) >= 11 is 0. The van der Waals surface area contributed by atoms with Crippen molar-refractivity contribution in [1.82, 2.24) is 9.78 Å². The topological polar surface area (TPSA) is 96.7 Å². The number of aromatic nitrogens is 2. The molecule has 0 spiro atoms. The standard InChI is InChI=1S/C19H17N5O/c1-13-7-5-6-10-16(13)22-18(25)11-17-15(12-20)19(21)24(23-17)14-8-3-2-4-9-14/h2-10H,11,21H2,1H3,(H,22,25). The zero-order valence-electron chi connectivity index (χ0n) is 13.7. The van der Waals surface area contributed by atoms with Gasteiger partial charge in [-0.15, -0.1) is 0 Å². The number of hydrogen-bond acceptors (Lipinski definition) is 4. The molecule has 0 aliphatic heterocycles. The van der Waals surface area contributed by atoms with E-state index in [2.05, 4.69) is 10.4 Å². The molecule has 0 atom stereocenters. The van der Waals surface area contributed by atoms with Crippen molar-refractivity contribution in [2.75, 3.05) is 11.1 Å². The van der Waals surface area contributed by atoms with Gasteiger partial charge in [0.15, 0.2) is 0 Å². The number of nitriles is 1. The number of carbonyl (C=O) groups is 1. The molecular formula is C19H17N5O. The molecule has 25 heavy (non-hydrogen) atoms. The fourth-order valence-corrected chi connectivity index (χ4v) is 2.55.